The number of fused-ring (bicyclic) bond motifs is 1. The van der Waals surface area contributed by atoms with E-state index in [4.69, 9.17) is 21.1 Å². The van der Waals surface area contributed by atoms with Gasteiger partial charge in [0, 0.05) is 11.5 Å². The molecule has 1 unspecified atom stereocenters. The van der Waals surface area contributed by atoms with Crippen LogP contribution < -0.4 is 4.74 Å². The third kappa shape index (κ3) is 5.09. The number of aryl methyl sites for hydroxylation is 2. The Morgan fingerprint density at radius 1 is 1.22 bits per heavy atom. The highest BCUT2D eigenvalue weighted by molar-refractivity contribution is 7.91. The summed E-state index contributed by atoms with van der Waals surface area (Å²) in [5.74, 6) is 1.48. The summed E-state index contributed by atoms with van der Waals surface area (Å²) in [4.78, 5) is 4.97. The smallest absolute Gasteiger partial charge is 0.387 e. The van der Waals surface area contributed by atoms with Crippen LogP contribution in [0.15, 0.2) is 40.9 Å². The number of benzene rings is 2. The fourth-order valence-corrected chi connectivity index (χ4v) is 7.13. The van der Waals surface area contributed by atoms with Crippen LogP contribution in [0.3, 0.4) is 0 Å². The first-order valence-corrected chi connectivity index (χ1v) is 14.1. The summed E-state index contributed by atoms with van der Waals surface area (Å²) in [6, 6.07) is 10.4. The molecule has 2 atom stereocenters. The Morgan fingerprint density at radius 2 is 2.00 bits per heavy atom. The summed E-state index contributed by atoms with van der Waals surface area (Å²) in [6.45, 7) is 2.79. The predicted octanol–water partition coefficient (Wildman–Crippen LogP) is 6.27. The normalized spacial score (nSPS) is 18.1. The van der Waals surface area contributed by atoms with Gasteiger partial charge in [-0.15, -0.1) is 0 Å². The fraction of sp³-hybridized carbons (Fsp3) is 0.385. The second-order valence-electron chi connectivity index (χ2n) is 9.55. The van der Waals surface area contributed by atoms with Gasteiger partial charge in [0.2, 0.25) is 0 Å². The van der Waals surface area contributed by atoms with Gasteiger partial charge in [-0.25, -0.2) is 13.4 Å². The van der Waals surface area contributed by atoms with Gasteiger partial charge in [-0.2, -0.15) is 8.78 Å². The molecule has 0 saturated carbocycles. The van der Waals surface area contributed by atoms with E-state index in [1.165, 1.54) is 6.07 Å². The predicted molar refractivity (Wildman–Crippen MR) is 137 cm³/mol. The first-order chi connectivity index (χ1) is 17.5. The van der Waals surface area contributed by atoms with Crippen LogP contribution in [0.5, 0.6) is 5.75 Å². The van der Waals surface area contributed by atoms with Crippen molar-refractivity contribution in [3.8, 4) is 16.9 Å². The maximum absolute atomic E-state index is 12.6. The van der Waals surface area contributed by atoms with E-state index < -0.39 is 16.4 Å². The van der Waals surface area contributed by atoms with Gasteiger partial charge in [-0.1, -0.05) is 35.8 Å². The van der Waals surface area contributed by atoms with Gasteiger partial charge < -0.3 is 13.8 Å². The molecule has 0 aliphatic carbocycles. The second kappa shape index (κ2) is 9.72. The SMILES string of the molecule is Cc1noc(C)c1-c1ccc2c(c1)nc([C@H](C)Cc1ccc(OC(F)F)c(Cl)c1)n2C1CCS(=O)(=O)C1. The number of sulfone groups is 1. The number of halogens is 3. The summed E-state index contributed by atoms with van der Waals surface area (Å²) in [6.07, 6.45) is 1.04. The van der Waals surface area contributed by atoms with Crippen molar-refractivity contribution in [2.45, 2.75) is 52.2 Å². The first-order valence-electron chi connectivity index (χ1n) is 11.9. The molecule has 1 saturated heterocycles. The number of rotatable bonds is 7. The van der Waals surface area contributed by atoms with Crippen molar-refractivity contribution < 1.29 is 26.5 Å². The number of imidazole rings is 1. The molecule has 11 heteroatoms. The lowest BCUT2D eigenvalue weighted by molar-refractivity contribution is -0.0498. The van der Waals surface area contributed by atoms with Crippen LogP contribution in [0.2, 0.25) is 5.02 Å². The Morgan fingerprint density at radius 3 is 2.62 bits per heavy atom. The highest BCUT2D eigenvalue weighted by atomic mass is 35.5. The van der Waals surface area contributed by atoms with E-state index in [1.54, 1.807) is 12.1 Å². The minimum absolute atomic E-state index is 0.0648. The van der Waals surface area contributed by atoms with Gasteiger partial charge >= 0.3 is 6.61 Å². The summed E-state index contributed by atoms with van der Waals surface area (Å²) in [5.41, 5.74) is 5.06. The molecule has 0 N–H and O–H groups in total. The van der Waals surface area contributed by atoms with Crippen LogP contribution in [0.4, 0.5) is 8.78 Å². The Kier molecular flexibility index (Phi) is 6.74. The lowest BCUT2D eigenvalue weighted by Crippen LogP contribution is -2.16. The van der Waals surface area contributed by atoms with Crippen LogP contribution in [0.1, 0.15) is 48.1 Å². The zero-order valence-corrected chi connectivity index (χ0v) is 22.1. The number of nitrogens with zero attached hydrogens (tertiary/aromatic N) is 3. The molecule has 37 heavy (non-hydrogen) atoms. The van der Waals surface area contributed by atoms with Crippen LogP contribution in [0, 0.1) is 13.8 Å². The number of hydrogen-bond acceptors (Lipinski definition) is 6. The maximum atomic E-state index is 12.6. The Bertz CT molecular complexity index is 1560. The van der Waals surface area contributed by atoms with Gasteiger partial charge in [0.05, 0.1) is 39.3 Å². The van der Waals surface area contributed by atoms with Crippen molar-refractivity contribution in [3.05, 3.63) is 64.3 Å². The number of aromatic nitrogens is 3. The minimum atomic E-state index is -3.13. The van der Waals surface area contributed by atoms with Gasteiger partial charge in [0.25, 0.3) is 0 Å². The zero-order valence-electron chi connectivity index (χ0n) is 20.5. The van der Waals surface area contributed by atoms with Crippen molar-refractivity contribution in [1.82, 2.24) is 14.7 Å². The highest BCUT2D eigenvalue weighted by Crippen LogP contribution is 2.36. The van der Waals surface area contributed by atoms with Crippen LogP contribution in [-0.2, 0) is 16.3 Å². The third-order valence-electron chi connectivity index (χ3n) is 6.81. The maximum Gasteiger partial charge on any atom is 0.387 e. The van der Waals surface area contributed by atoms with Crippen LogP contribution >= 0.6 is 11.6 Å². The average Bonchev–Trinajstić information content (AvgIpc) is 3.48. The highest BCUT2D eigenvalue weighted by Gasteiger charge is 2.33. The van der Waals surface area contributed by atoms with Crippen molar-refractivity contribution in [2.24, 2.45) is 0 Å². The number of hydrogen-bond donors (Lipinski definition) is 0. The summed E-state index contributed by atoms with van der Waals surface area (Å²) >= 11 is 6.17. The molecule has 3 heterocycles. The van der Waals surface area contributed by atoms with Crippen molar-refractivity contribution >= 4 is 32.5 Å². The fourth-order valence-electron chi connectivity index (χ4n) is 5.19. The van der Waals surface area contributed by atoms with E-state index in [1.807, 2.05) is 39.0 Å². The molecule has 4 aromatic rings. The first kappa shape index (κ1) is 25.7. The molecule has 5 rings (SSSR count). The molecule has 0 amide bonds. The third-order valence-corrected chi connectivity index (χ3v) is 8.85. The Labute approximate surface area is 218 Å². The van der Waals surface area contributed by atoms with E-state index in [2.05, 4.69) is 14.5 Å². The molecule has 2 aromatic heterocycles. The molecule has 0 radical (unpaired) electrons. The Hall–Kier alpha value is -2.98. The monoisotopic (exact) mass is 549 g/mol. The van der Waals surface area contributed by atoms with E-state index in [9.17, 15) is 17.2 Å². The zero-order chi connectivity index (χ0) is 26.5. The lowest BCUT2D eigenvalue weighted by atomic mass is 10.00. The summed E-state index contributed by atoms with van der Waals surface area (Å²) in [5, 5.41) is 4.15. The van der Waals surface area contributed by atoms with Crippen LogP contribution in [-0.4, -0.2) is 41.2 Å². The second-order valence-corrected chi connectivity index (χ2v) is 12.2. The average molecular weight is 550 g/mol. The largest absolute Gasteiger partial charge is 0.433 e. The molecule has 2 aromatic carbocycles. The van der Waals surface area contributed by atoms with Gasteiger partial charge in [0.15, 0.2) is 9.84 Å². The molecule has 7 nitrogen and oxygen atoms in total. The molecule has 0 spiro atoms. The Balaban J connectivity index is 1.55. The van der Waals surface area contributed by atoms with Crippen LogP contribution in [0.25, 0.3) is 22.2 Å². The molecule has 1 aliphatic heterocycles. The van der Waals surface area contributed by atoms with Gasteiger partial charge in [-0.3, -0.25) is 0 Å². The summed E-state index contributed by atoms with van der Waals surface area (Å²) < 4.78 is 61.7. The number of alkyl halides is 2. The summed E-state index contributed by atoms with van der Waals surface area (Å²) in [7, 11) is -3.13. The van der Waals surface area contributed by atoms with Crippen molar-refractivity contribution in [3.63, 3.8) is 0 Å². The van der Waals surface area contributed by atoms with Gasteiger partial charge in [-0.05, 0) is 62.1 Å². The lowest BCUT2D eigenvalue weighted by Gasteiger charge is -2.20. The van der Waals surface area contributed by atoms with Gasteiger partial charge in [0.1, 0.15) is 17.3 Å². The molecule has 1 fully saturated rings. The standard InChI is InChI=1S/C26H26ClF2N3O4S/c1-14(10-17-4-7-23(20(27)11-17)35-26(28)29)25-30-21-12-18(24-15(2)31-36-16(24)3)5-6-22(21)32(25)19-8-9-37(33,34)13-19/h4-7,11-12,14,19,26H,8-10,13H2,1-3H3/t14-,19?/m1/s1. The molecule has 1 aliphatic rings. The van der Waals surface area contributed by atoms with Crippen molar-refractivity contribution in [1.29, 1.82) is 0 Å². The van der Waals surface area contributed by atoms with Crippen molar-refractivity contribution in [2.75, 3.05) is 11.5 Å². The topological polar surface area (TPSA) is 87.2 Å². The van der Waals surface area contributed by atoms with E-state index >= 15 is 0 Å². The molecule has 0 bridgehead atoms. The van der Waals surface area contributed by atoms with E-state index in [0.29, 0.717) is 18.6 Å². The van der Waals surface area contributed by atoms with E-state index in [-0.39, 0.29) is 34.2 Å². The quantitative estimate of drug-likeness (QED) is 0.270. The minimum Gasteiger partial charge on any atom is -0.433 e. The number of ether oxygens (including phenoxy) is 1. The van der Waals surface area contributed by atoms with E-state index in [0.717, 1.165) is 39.2 Å². The molecular weight excluding hydrogens is 524 g/mol. The molecule has 196 valence electrons. The molecular formula is C26H26ClF2N3O4S.